The molecule has 0 aliphatic carbocycles. The number of rotatable bonds is 3. The lowest BCUT2D eigenvalue weighted by Gasteiger charge is -2.05. The van der Waals surface area contributed by atoms with Gasteiger partial charge in [0.15, 0.2) is 0 Å². The van der Waals surface area contributed by atoms with Crippen molar-refractivity contribution in [2.75, 3.05) is 5.32 Å². The summed E-state index contributed by atoms with van der Waals surface area (Å²) in [6.07, 6.45) is 3.00. The van der Waals surface area contributed by atoms with Crippen LogP contribution in [0.15, 0.2) is 48.1 Å². The average molecular weight is 188 g/mol. The number of hydrogen-bond acceptors (Lipinski definition) is 2. The third-order valence-electron chi connectivity index (χ3n) is 1.40. The lowest BCUT2D eigenvalue weighted by atomic mass is 10.3. The third kappa shape index (κ3) is 3.53. The van der Waals surface area contributed by atoms with Crippen molar-refractivity contribution >= 4 is 17.9 Å². The van der Waals surface area contributed by atoms with Crippen LogP contribution in [-0.4, -0.2) is 12.2 Å². The number of nitrogens with one attached hydrogen (secondary N) is 3. The smallest absolute Gasteiger partial charge is 0.213 e. The van der Waals surface area contributed by atoms with Crippen molar-refractivity contribution in [3.05, 3.63) is 43.0 Å². The van der Waals surface area contributed by atoms with Crippen molar-refractivity contribution in [3.8, 4) is 0 Å². The maximum atomic E-state index is 7.43. The molecule has 0 saturated carbocycles. The van der Waals surface area contributed by atoms with Crippen molar-refractivity contribution < 1.29 is 0 Å². The second-order valence-electron chi connectivity index (χ2n) is 2.49. The summed E-state index contributed by atoms with van der Waals surface area (Å²) in [6.45, 7) is 3.46. The third-order valence-corrected chi connectivity index (χ3v) is 1.40. The van der Waals surface area contributed by atoms with E-state index in [0.717, 1.165) is 5.69 Å². The van der Waals surface area contributed by atoms with Crippen LogP contribution in [0.5, 0.6) is 0 Å². The largest absolute Gasteiger partial charge is 0.325 e. The SMILES string of the molecule is C=CC=NNC(=N)Nc1ccccc1. The Morgan fingerprint density at radius 2 is 2.07 bits per heavy atom. The summed E-state index contributed by atoms with van der Waals surface area (Å²) in [5, 5.41) is 14.0. The van der Waals surface area contributed by atoms with Gasteiger partial charge < -0.3 is 5.32 Å². The maximum absolute atomic E-state index is 7.43. The first kappa shape index (κ1) is 9.98. The number of hydrogen-bond donors (Lipinski definition) is 3. The Bertz CT molecular complexity index is 329. The highest BCUT2D eigenvalue weighted by Gasteiger charge is 1.92. The zero-order valence-electron chi connectivity index (χ0n) is 7.70. The minimum Gasteiger partial charge on any atom is -0.325 e. The normalized spacial score (nSPS) is 9.71. The number of nitrogens with zero attached hydrogens (tertiary/aromatic N) is 1. The summed E-state index contributed by atoms with van der Waals surface area (Å²) in [4.78, 5) is 0. The van der Waals surface area contributed by atoms with Crippen LogP contribution >= 0.6 is 0 Å². The molecule has 0 aliphatic rings. The van der Waals surface area contributed by atoms with Gasteiger partial charge in [-0.15, -0.1) is 0 Å². The maximum Gasteiger partial charge on any atom is 0.213 e. The van der Waals surface area contributed by atoms with Crippen molar-refractivity contribution in [1.82, 2.24) is 5.43 Å². The van der Waals surface area contributed by atoms with E-state index in [1.54, 1.807) is 0 Å². The fourth-order valence-electron chi connectivity index (χ4n) is 0.848. The first-order valence-corrected chi connectivity index (χ1v) is 4.13. The van der Waals surface area contributed by atoms with E-state index in [2.05, 4.69) is 22.4 Å². The van der Waals surface area contributed by atoms with Gasteiger partial charge in [0.1, 0.15) is 0 Å². The number of anilines is 1. The average Bonchev–Trinajstić information content (AvgIpc) is 2.20. The van der Waals surface area contributed by atoms with Gasteiger partial charge in [0.05, 0.1) is 0 Å². The number of benzene rings is 1. The van der Waals surface area contributed by atoms with Gasteiger partial charge in [-0.05, 0) is 18.2 Å². The monoisotopic (exact) mass is 188 g/mol. The molecule has 1 aromatic rings. The van der Waals surface area contributed by atoms with Crippen LogP contribution in [0, 0.1) is 5.41 Å². The highest BCUT2D eigenvalue weighted by Crippen LogP contribution is 2.03. The Hall–Kier alpha value is -2.10. The molecule has 14 heavy (non-hydrogen) atoms. The van der Waals surface area contributed by atoms with Crippen molar-refractivity contribution in [3.63, 3.8) is 0 Å². The first-order chi connectivity index (χ1) is 6.83. The van der Waals surface area contributed by atoms with E-state index < -0.39 is 0 Å². The lowest BCUT2D eigenvalue weighted by molar-refractivity contribution is 1.02. The van der Waals surface area contributed by atoms with Gasteiger partial charge in [0.2, 0.25) is 5.96 Å². The second kappa shape index (κ2) is 5.53. The molecule has 3 N–H and O–H groups in total. The van der Waals surface area contributed by atoms with E-state index in [1.165, 1.54) is 12.3 Å². The van der Waals surface area contributed by atoms with Gasteiger partial charge in [0, 0.05) is 11.9 Å². The van der Waals surface area contributed by atoms with E-state index in [0.29, 0.717) is 0 Å². The fraction of sp³-hybridized carbons (Fsp3) is 0. The van der Waals surface area contributed by atoms with Gasteiger partial charge in [-0.25, -0.2) is 5.43 Å². The molecule has 0 bridgehead atoms. The van der Waals surface area contributed by atoms with Gasteiger partial charge in [0.25, 0.3) is 0 Å². The van der Waals surface area contributed by atoms with Gasteiger partial charge >= 0.3 is 0 Å². The lowest BCUT2D eigenvalue weighted by Crippen LogP contribution is -2.24. The highest BCUT2D eigenvalue weighted by molar-refractivity contribution is 5.91. The minimum atomic E-state index is 0.120. The molecule has 72 valence electrons. The molecule has 0 saturated heterocycles. The summed E-state index contributed by atoms with van der Waals surface area (Å²) in [6, 6.07) is 9.43. The summed E-state index contributed by atoms with van der Waals surface area (Å²) in [5.74, 6) is 0.120. The van der Waals surface area contributed by atoms with Crippen molar-refractivity contribution in [2.24, 2.45) is 5.10 Å². The van der Waals surface area contributed by atoms with Crippen LogP contribution in [0.25, 0.3) is 0 Å². The summed E-state index contributed by atoms with van der Waals surface area (Å²) >= 11 is 0. The standard InChI is InChI=1S/C10H12N4/c1-2-8-12-14-10(11)13-9-6-4-3-5-7-9/h2-8H,1H2,(H3,11,13,14). The number of hydrazone groups is 1. The summed E-state index contributed by atoms with van der Waals surface area (Å²) < 4.78 is 0. The molecule has 0 radical (unpaired) electrons. The predicted molar refractivity (Wildman–Crippen MR) is 59.6 cm³/mol. The Morgan fingerprint density at radius 1 is 1.36 bits per heavy atom. The Labute approximate surface area is 82.9 Å². The van der Waals surface area contributed by atoms with Crippen LogP contribution < -0.4 is 10.7 Å². The topological polar surface area (TPSA) is 60.3 Å². The predicted octanol–water partition coefficient (Wildman–Crippen LogP) is 1.79. The van der Waals surface area contributed by atoms with Crippen LogP contribution in [0.1, 0.15) is 0 Å². The highest BCUT2D eigenvalue weighted by atomic mass is 15.4. The Morgan fingerprint density at radius 3 is 2.71 bits per heavy atom. The van der Waals surface area contributed by atoms with Crippen molar-refractivity contribution in [2.45, 2.75) is 0 Å². The molecule has 4 heteroatoms. The summed E-state index contributed by atoms with van der Waals surface area (Å²) in [5.41, 5.74) is 3.35. The van der Waals surface area contributed by atoms with E-state index in [-0.39, 0.29) is 5.96 Å². The number of allylic oxidation sites excluding steroid dienone is 1. The van der Waals surface area contributed by atoms with E-state index in [1.807, 2.05) is 30.3 Å². The van der Waals surface area contributed by atoms with Crippen LogP contribution in [0.4, 0.5) is 5.69 Å². The molecule has 0 atom stereocenters. The Kier molecular flexibility index (Phi) is 3.94. The van der Waals surface area contributed by atoms with Gasteiger partial charge in [-0.1, -0.05) is 24.8 Å². The first-order valence-electron chi connectivity index (χ1n) is 4.13. The van der Waals surface area contributed by atoms with Crippen molar-refractivity contribution in [1.29, 1.82) is 5.41 Å². The fourth-order valence-corrected chi connectivity index (χ4v) is 0.848. The quantitative estimate of drug-likeness (QED) is 0.385. The molecule has 0 fully saturated rings. The molecule has 1 aromatic carbocycles. The van der Waals surface area contributed by atoms with Crippen LogP contribution in [0.2, 0.25) is 0 Å². The minimum absolute atomic E-state index is 0.120. The molecule has 1 rings (SSSR count). The molecule has 0 amide bonds. The molecule has 0 spiro atoms. The second-order valence-corrected chi connectivity index (χ2v) is 2.49. The molecule has 4 nitrogen and oxygen atoms in total. The number of para-hydroxylation sites is 1. The summed E-state index contributed by atoms with van der Waals surface area (Å²) in [7, 11) is 0. The molecule has 0 unspecified atom stereocenters. The van der Waals surface area contributed by atoms with E-state index >= 15 is 0 Å². The van der Waals surface area contributed by atoms with Crippen LogP contribution in [0.3, 0.4) is 0 Å². The molecule has 0 heterocycles. The number of guanidine groups is 1. The Balaban J connectivity index is 2.42. The van der Waals surface area contributed by atoms with Gasteiger partial charge in [-0.2, -0.15) is 5.10 Å². The zero-order chi connectivity index (χ0) is 10.2. The molecule has 0 aromatic heterocycles. The van der Waals surface area contributed by atoms with E-state index in [9.17, 15) is 0 Å². The van der Waals surface area contributed by atoms with Crippen LogP contribution in [-0.2, 0) is 0 Å². The van der Waals surface area contributed by atoms with E-state index in [4.69, 9.17) is 5.41 Å². The van der Waals surface area contributed by atoms with Gasteiger partial charge in [-0.3, -0.25) is 5.41 Å². The molecule has 0 aliphatic heterocycles. The zero-order valence-corrected chi connectivity index (χ0v) is 7.70. The molecular weight excluding hydrogens is 176 g/mol. The molecular formula is C10H12N4.